The van der Waals surface area contributed by atoms with E-state index in [0.717, 1.165) is 29.8 Å². The van der Waals surface area contributed by atoms with E-state index in [1.807, 2.05) is 12.1 Å². The lowest BCUT2D eigenvalue weighted by Gasteiger charge is -2.16. The van der Waals surface area contributed by atoms with Crippen LogP contribution < -0.4 is 0 Å². The molecule has 2 heterocycles. The minimum absolute atomic E-state index is 0.224. The molecule has 4 nitrogen and oxygen atoms in total. The highest BCUT2D eigenvalue weighted by Crippen LogP contribution is 2.28. The number of aliphatic hydroxyl groups is 1. The van der Waals surface area contributed by atoms with Crippen LogP contribution in [-0.2, 0) is 12.8 Å². The molecule has 2 aromatic rings. The molecule has 0 amide bonds. The van der Waals surface area contributed by atoms with Gasteiger partial charge < -0.3 is 5.11 Å². The first-order chi connectivity index (χ1) is 7.84. The Morgan fingerprint density at radius 1 is 1.31 bits per heavy atom. The predicted octanol–water partition coefficient (Wildman–Crippen LogP) is 1.32. The maximum absolute atomic E-state index is 9.58. The van der Waals surface area contributed by atoms with Gasteiger partial charge in [0.15, 0.2) is 0 Å². The van der Waals surface area contributed by atoms with Crippen molar-refractivity contribution in [2.45, 2.75) is 25.4 Å². The summed E-state index contributed by atoms with van der Waals surface area (Å²) in [6, 6.07) is 3.92. The van der Waals surface area contributed by atoms with Gasteiger partial charge in [0.2, 0.25) is 0 Å². The van der Waals surface area contributed by atoms with Crippen LogP contribution in [0.1, 0.15) is 17.7 Å². The highest BCUT2D eigenvalue weighted by Gasteiger charge is 2.22. The third-order valence-electron chi connectivity index (χ3n) is 3.07. The summed E-state index contributed by atoms with van der Waals surface area (Å²) in [7, 11) is 0. The SMILES string of the molecule is OC1CCc2c(-c3ccncc3)n[nH]c2C1. The highest BCUT2D eigenvalue weighted by atomic mass is 16.3. The van der Waals surface area contributed by atoms with Gasteiger partial charge in [0, 0.05) is 35.6 Å². The standard InChI is InChI=1S/C12H13N3O/c16-9-1-2-10-11(7-9)14-15-12(10)8-3-5-13-6-4-8/h3-6,9,16H,1-2,7H2,(H,14,15). The zero-order chi connectivity index (χ0) is 11.0. The first kappa shape index (κ1) is 9.54. The fourth-order valence-corrected chi connectivity index (χ4v) is 2.24. The van der Waals surface area contributed by atoms with Gasteiger partial charge in [0.05, 0.1) is 11.8 Å². The largest absolute Gasteiger partial charge is 0.393 e. The van der Waals surface area contributed by atoms with E-state index < -0.39 is 0 Å². The number of fused-ring (bicyclic) bond motifs is 1. The first-order valence-corrected chi connectivity index (χ1v) is 5.49. The van der Waals surface area contributed by atoms with Crippen molar-refractivity contribution >= 4 is 0 Å². The predicted molar refractivity (Wildman–Crippen MR) is 59.9 cm³/mol. The molecule has 1 aliphatic carbocycles. The molecule has 0 aromatic carbocycles. The molecule has 4 heteroatoms. The minimum atomic E-state index is -0.224. The van der Waals surface area contributed by atoms with Crippen LogP contribution in [-0.4, -0.2) is 26.4 Å². The van der Waals surface area contributed by atoms with Crippen molar-refractivity contribution in [3.05, 3.63) is 35.8 Å². The van der Waals surface area contributed by atoms with Gasteiger partial charge in [-0.1, -0.05) is 0 Å². The molecule has 0 radical (unpaired) electrons. The highest BCUT2D eigenvalue weighted by molar-refractivity contribution is 5.63. The molecule has 16 heavy (non-hydrogen) atoms. The Balaban J connectivity index is 2.04. The zero-order valence-electron chi connectivity index (χ0n) is 8.85. The van der Waals surface area contributed by atoms with Crippen molar-refractivity contribution in [1.82, 2.24) is 15.2 Å². The Morgan fingerprint density at radius 3 is 2.94 bits per heavy atom. The number of aromatic nitrogens is 3. The van der Waals surface area contributed by atoms with E-state index in [2.05, 4.69) is 15.2 Å². The van der Waals surface area contributed by atoms with Crippen LogP contribution in [0.25, 0.3) is 11.3 Å². The number of nitrogens with zero attached hydrogens (tertiary/aromatic N) is 2. The Morgan fingerprint density at radius 2 is 2.12 bits per heavy atom. The lowest BCUT2D eigenvalue weighted by atomic mass is 9.92. The van der Waals surface area contributed by atoms with Gasteiger partial charge in [-0.3, -0.25) is 10.1 Å². The minimum Gasteiger partial charge on any atom is -0.393 e. The topological polar surface area (TPSA) is 61.8 Å². The van der Waals surface area contributed by atoms with Crippen LogP contribution in [0.2, 0.25) is 0 Å². The number of hydrogen-bond donors (Lipinski definition) is 2. The Bertz CT molecular complexity index is 492. The molecular weight excluding hydrogens is 202 g/mol. The Labute approximate surface area is 93.4 Å². The molecule has 82 valence electrons. The average molecular weight is 215 g/mol. The van der Waals surface area contributed by atoms with Crippen LogP contribution in [0.5, 0.6) is 0 Å². The number of rotatable bonds is 1. The van der Waals surface area contributed by atoms with Crippen LogP contribution in [0.15, 0.2) is 24.5 Å². The van der Waals surface area contributed by atoms with Crippen molar-refractivity contribution < 1.29 is 5.11 Å². The molecule has 1 unspecified atom stereocenters. The first-order valence-electron chi connectivity index (χ1n) is 5.49. The average Bonchev–Trinajstić information content (AvgIpc) is 2.73. The second kappa shape index (κ2) is 3.72. The van der Waals surface area contributed by atoms with Crippen molar-refractivity contribution in [3.63, 3.8) is 0 Å². The fraction of sp³-hybridized carbons (Fsp3) is 0.333. The fourth-order valence-electron chi connectivity index (χ4n) is 2.24. The molecule has 1 aliphatic rings. The van der Waals surface area contributed by atoms with E-state index in [1.165, 1.54) is 5.56 Å². The summed E-state index contributed by atoms with van der Waals surface area (Å²) in [5.41, 5.74) is 4.41. The lowest BCUT2D eigenvalue weighted by Crippen LogP contribution is -2.18. The molecule has 0 bridgehead atoms. The maximum atomic E-state index is 9.58. The number of aliphatic hydroxyl groups excluding tert-OH is 1. The van der Waals surface area contributed by atoms with Gasteiger partial charge in [0.1, 0.15) is 0 Å². The van der Waals surface area contributed by atoms with E-state index in [9.17, 15) is 5.11 Å². The number of H-pyrrole nitrogens is 1. The smallest absolute Gasteiger partial charge is 0.0956 e. The van der Waals surface area contributed by atoms with Gasteiger partial charge in [-0.05, 0) is 25.0 Å². The van der Waals surface area contributed by atoms with E-state index >= 15 is 0 Å². The van der Waals surface area contributed by atoms with Crippen molar-refractivity contribution in [2.24, 2.45) is 0 Å². The molecule has 3 rings (SSSR count). The number of aromatic amines is 1. The van der Waals surface area contributed by atoms with Gasteiger partial charge >= 0.3 is 0 Å². The van der Waals surface area contributed by atoms with E-state index in [-0.39, 0.29) is 6.10 Å². The van der Waals surface area contributed by atoms with Crippen molar-refractivity contribution in [3.8, 4) is 11.3 Å². The summed E-state index contributed by atoms with van der Waals surface area (Å²) >= 11 is 0. The summed E-state index contributed by atoms with van der Waals surface area (Å²) < 4.78 is 0. The van der Waals surface area contributed by atoms with Gasteiger partial charge in [-0.25, -0.2) is 0 Å². The Hall–Kier alpha value is -1.68. The molecule has 2 aromatic heterocycles. The van der Waals surface area contributed by atoms with Crippen LogP contribution in [0.4, 0.5) is 0 Å². The molecule has 0 fully saturated rings. The van der Waals surface area contributed by atoms with Crippen LogP contribution in [0.3, 0.4) is 0 Å². The summed E-state index contributed by atoms with van der Waals surface area (Å²) in [5.74, 6) is 0. The second-order valence-electron chi connectivity index (χ2n) is 4.16. The van der Waals surface area contributed by atoms with E-state index in [4.69, 9.17) is 0 Å². The third-order valence-corrected chi connectivity index (χ3v) is 3.07. The van der Waals surface area contributed by atoms with E-state index in [0.29, 0.717) is 6.42 Å². The molecular formula is C12H13N3O. The molecule has 0 saturated heterocycles. The molecule has 0 spiro atoms. The van der Waals surface area contributed by atoms with Gasteiger partial charge in [0.25, 0.3) is 0 Å². The summed E-state index contributed by atoms with van der Waals surface area (Å²) in [6.07, 6.45) is 5.73. The number of nitrogens with one attached hydrogen (secondary N) is 1. The quantitative estimate of drug-likeness (QED) is 0.754. The van der Waals surface area contributed by atoms with Crippen molar-refractivity contribution in [1.29, 1.82) is 0 Å². The van der Waals surface area contributed by atoms with E-state index in [1.54, 1.807) is 12.4 Å². The summed E-state index contributed by atoms with van der Waals surface area (Å²) in [6.45, 7) is 0. The van der Waals surface area contributed by atoms with Crippen LogP contribution >= 0.6 is 0 Å². The summed E-state index contributed by atoms with van der Waals surface area (Å²) in [5, 5.41) is 16.9. The lowest BCUT2D eigenvalue weighted by molar-refractivity contribution is 0.157. The second-order valence-corrected chi connectivity index (χ2v) is 4.16. The molecule has 1 atom stereocenters. The van der Waals surface area contributed by atoms with Crippen molar-refractivity contribution in [2.75, 3.05) is 0 Å². The molecule has 2 N–H and O–H groups in total. The third kappa shape index (κ3) is 1.51. The monoisotopic (exact) mass is 215 g/mol. The number of pyridine rings is 1. The summed E-state index contributed by atoms with van der Waals surface area (Å²) in [4.78, 5) is 4.00. The van der Waals surface area contributed by atoms with Gasteiger partial charge in [-0.15, -0.1) is 0 Å². The molecule has 0 saturated carbocycles. The maximum Gasteiger partial charge on any atom is 0.0956 e. The van der Waals surface area contributed by atoms with Gasteiger partial charge in [-0.2, -0.15) is 5.10 Å². The Kier molecular flexibility index (Phi) is 2.22. The normalized spacial score (nSPS) is 19.4. The zero-order valence-corrected chi connectivity index (χ0v) is 8.85. The van der Waals surface area contributed by atoms with Crippen LogP contribution in [0, 0.1) is 0 Å². The molecule has 0 aliphatic heterocycles. The number of hydrogen-bond acceptors (Lipinski definition) is 3.